The number of hydrogen-bond donors (Lipinski definition) is 3. The van der Waals surface area contributed by atoms with E-state index in [0.717, 1.165) is 18.9 Å². The van der Waals surface area contributed by atoms with Gasteiger partial charge in [0.1, 0.15) is 51.9 Å². The van der Waals surface area contributed by atoms with Gasteiger partial charge in [0.2, 0.25) is 5.91 Å². The molecule has 2 aromatic heterocycles. The van der Waals surface area contributed by atoms with Gasteiger partial charge in [-0.05, 0) is 56.7 Å². The molecule has 2 saturated carbocycles. The average molecular weight is 656 g/mol. The van der Waals surface area contributed by atoms with Crippen molar-refractivity contribution in [2.45, 2.75) is 49.7 Å². The number of carbonyl (C=O) groups is 2. The number of halogens is 4. The highest BCUT2D eigenvalue weighted by atomic mass is 35.5. The van der Waals surface area contributed by atoms with Gasteiger partial charge in [-0.1, -0.05) is 11.6 Å². The molecule has 2 amide bonds. The van der Waals surface area contributed by atoms with Crippen LogP contribution in [0.4, 0.5) is 13.2 Å². The summed E-state index contributed by atoms with van der Waals surface area (Å²) < 4.78 is 58.9. The second-order valence-electron chi connectivity index (χ2n) is 12.4. The van der Waals surface area contributed by atoms with E-state index >= 15 is 8.78 Å². The highest BCUT2D eigenvalue weighted by Crippen LogP contribution is 2.52. The third kappa shape index (κ3) is 4.75. The maximum absolute atomic E-state index is 16.6. The van der Waals surface area contributed by atoms with Gasteiger partial charge in [0, 0.05) is 28.8 Å². The fourth-order valence-electron chi connectivity index (χ4n) is 6.07. The van der Waals surface area contributed by atoms with Crippen LogP contribution >= 0.6 is 11.6 Å². The molecule has 0 saturated heterocycles. The van der Waals surface area contributed by atoms with Gasteiger partial charge in [0.25, 0.3) is 5.91 Å². The van der Waals surface area contributed by atoms with Crippen LogP contribution in [0, 0.1) is 23.4 Å². The molecule has 46 heavy (non-hydrogen) atoms. The maximum Gasteiger partial charge on any atom is 0.251 e. The number of amides is 2. The molecule has 3 aliphatic rings. The molecule has 3 heterocycles. The zero-order valence-electron chi connectivity index (χ0n) is 24.8. The lowest BCUT2D eigenvalue weighted by Gasteiger charge is -2.30. The first-order valence-electron chi connectivity index (χ1n) is 14.7. The second kappa shape index (κ2) is 10.6. The zero-order chi connectivity index (χ0) is 32.7. The molecule has 10 nitrogen and oxygen atoms in total. The summed E-state index contributed by atoms with van der Waals surface area (Å²) in [6, 6.07) is 5.00. The Balaban J connectivity index is 1.30. The molecule has 4 aromatic rings. The smallest absolute Gasteiger partial charge is 0.251 e. The number of pyridine rings is 1. The van der Waals surface area contributed by atoms with Gasteiger partial charge >= 0.3 is 0 Å². The summed E-state index contributed by atoms with van der Waals surface area (Å²) in [5.74, 6) is -5.13. The van der Waals surface area contributed by atoms with Gasteiger partial charge in [-0.15, -0.1) is 0 Å². The number of rotatable bonds is 9. The summed E-state index contributed by atoms with van der Waals surface area (Å²) in [5, 5.41) is 19.7. The van der Waals surface area contributed by atoms with E-state index < -0.39 is 63.5 Å². The van der Waals surface area contributed by atoms with E-state index in [0.29, 0.717) is 41.6 Å². The van der Waals surface area contributed by atoms with Crippen molar-refractivity contribution in [1.29, 1.82) is 0 Å². The predicted octanol–water partition coefficient (Wildman–Crippen LogP) is 4.68. The van der Waals surface area contributed by atoms with Crippen molar-refractivity contribution < 1.29 is 37.3 Å². The Morgan fingerprint density at radius 2 is 1.93 bits per heavy atom. The SMILES string of the molecule is COc1cc(C(=O)NCC(O)(c2nc(-c3cc(Cl)c(F)cc3F)c3c(c2F)[C@@](C)(C(N)=O)CO3)C2CC2)cc2cn(C3CC3)nc12. The lowest BCUT2D eigenvalue weighted by molar-refractivity contribution is -0.123. The normalized spacial score (nSPS) is 20.2. The minimum atomic E-state index is -2.10. The third-order valence-corrected chi connectivity index (χ3v) is 9.42. The van der Waals surface area contributed by atoms with Crippen molar-refractivity contribution in [2.24, 2.45) is 11.7 Å². The summed E-state index contributed by atoms with van der Waals surface area (Å²) in [6.07, 6.45) is 4.82. The summed E-state index contributed by atoms with van der Waals surface area (Å²) in [6.45, 7) is 0.489. The fourth-order valence-corrected chi connectivity index (χ4v) is 6.24. The molecule has 7 rings (SSSR count). The molecule has 2 atom stereocenters. The Morgan fingerprint density at radius 1 is 1.20 bits per heavy atom. The number of aliphatic hydroxyl groups is 1. The first-order chi connectivity index (χ1) is 21.9. The second-order valence-corrected chi connectivity index (χ2v) is 12.8. The third-order valence-electron chi connectivity index (χ3n) is 9.13. The monoisotopic (exact) mass is 655 g/mol. The van der Waals surface area contributed by atoms with Gasteiger partial charge in [-0.25, -0.2) is 18.2 Å². The molecule has 2 aromatic carbocycles. The average Bonchev–Trinajstić information content (AvgIpc) is 3.97. The Bertz CT molecular complexity index is 1960. The van der Waals surface area contributed by atoms with Crippen molar-refractivity contribution in [2.75, 3.05) is 20.3 Å². The number of aromatic nitrogens is 3. The predicted molar refractivity (Wildman–Crippen MR) is 160 cm³/mol. The van der Waals surface area contributed by atoms with Crippen molar-refractivity contribution >= 4 is 34.3 Å². The topological polar surface area (TPSA) is 142 Å². The van der Waals surface area contributed by atoms with Gasteiger partial charge < -0.3 is 25.6 Å². The van der Waals surface area contributed by atoms with Crippen LogP contribution in [0.3, 0.4) is 0 Å². The number of fused-ring (bicyclic) bond motifs is 2. The highest BCUT2D eigenvalue weighted by molar-refractivity contribution is 6.31. The molecule has 240 valence electrons. The largest absolute Gasteiger partial charge is 0.494 e. The van der Waals surface area contributed by atoms with Gasteiger partial charge in [-0.2, -0.15) is 5.10 Å². The quantitative estimate of drug-likeness (QED) is 0.223. The van der Waals surface area contributed by atoms with Crippen LogP contribution in [-0.2, 0) is 15.8 Å². The number of nitrogens with two attached hydrogens (primary N) is 1. The number of nitrogens with one attached hydrogen (secondary N) is 1. The summed E-state index contributed by atoms with van der Waals surface area (Å²) >= 11 is 5.97. The number of benzene rings is 2. The van der Waals surface area contributed by atoms with Crippen LogP contribution in [0.5, 0.6) is 11.5 Å². The molecular formula is C32H29ClF3N5O5. The fraction of sp³-hybridized carbons (Fsp3) is 0.375. The van der Waals surface area contributed by atoms with Crippen molar-refractivity contribution in [3.63, 3.8) is 0 Å². The summed E-state index contributed by atoms with van der Waals surface area (Å²) in [5.41, 5.74) is 1.17. The van der Waals surface area contributed by atoms with Crippen molar-refractivity contribution in [1.82, 2.24) is 20.1 Å². The summed E-state index contributed by atoms with van der Waals surface area (Å²) in [7, 11) is 1.47. The molecule has 2 aliphatic carbocycles. The van der Waals surface area contributed by atoms with Gasteiger partial charge in [-0.3, -0.25) is 14.3 Å². The lowest BCUT2D eigenvalue weighted by Crippen LogP contribution is -2.45. The number of ether oxygens (including phenoxy) is 2. The minimum absolute atomic E-state index is 0.221. The van der Waals surface area contributed by atoms with E-state index in [1.54, 1.807) is 6.07 Å². The summed E-state index contributed by atoms with van der Waals surface area (Å²) in [4.78, 5) is 30.4. The molecule has 1 unspecified atom stereocenters. The highest BCUT2D eigenvalue weighted by Gasteiger charge is 2.53. The number of methoxy groups -OCH3 is 1. The standard InChI is InChI=1S/C32H29ClF3N5O5/c1-31(30(37)43)13-46-27-23(31)24(36)28(39-26(27)18-9-19(33)21(35)10-20(18)34)32(44,16-3-4-16)12-38-29(42)14-7-15-11-41(17-5-6-17)40-25(15)22(8-14)45-2/h7-11,16-17,44H,3-6,12-13H2,1-2H3,(H2,37,43)(H,38,42)/t31-,32?/m0/s1. The number of hydrogen-bond acceptors (Lipinski definition) is 7. The van der Waals surface area contributed by atoms with Gasteiger partial charge in [0.05, 0.1) is 30.3 Å². The molecule has 4 N–H and O–H groups in total. The van der Waals surface area contributed by atoms with Crippen molar-refractivity contribution in [3.8, 4) is 22.8 Å². The number of nitrogens with zero attached hydrogens (tertiary/aromatic N) is 3. The zero-order valence-corrected chi connectivity index (χ0v) is 25.6. The van der Waals surface area contributed by atoms with E-state index in [4.69, 9.17) is 26.8 Å². The number of carbonyl (C=O) groups excluding carboxylic acids is 2. The Morgan fingerprint density at radius 3 is 2.59 bits per heavy atom. The lowest BCUT2D eigenvalue weighted by atomic mass is 9.80. The molecule has 0 spiro atoms. The van der Waals surface area contributed by atoms with Crippen LogP contribution in [0.25, 0.3) is 22.2 Å². The molecular weight excluding hydrogens is 627 g/mol. The Labute approximate surface area is 265 Å². The van der Waals surface area contributed by atoms with Crippen LogP contribution in [0.15, 0.2) is 30.5 Å². The van der Waals surface area contributed by atoms with E-state index in [2.05, 4.69) is 15.4 Å². The van der Waals surface area contributed by atoms with E-state index in [9.17, 15) is 19.1 Å². The molecule has 1 aliphatic heterocycles. The Hall–Kier alpha value is -4.36. The first-order valence-corrected chi connectivity index (χ1v) is 15.1. The van der Waals surface area contributed by atoms with Crippen LogP contribution < -0.4 is 20.5 Å². The molecule has 2 fully saturated rings. The first kappa shape index (κ1) is 30.3. The molecule has 14 heteroatoms. The van der Waals surface area contributed by atoms with E-state index in [-0.39, 0.29) is 34.7 Å². The molecule has 0 radical (unpaired) electrons. The van der Waals surface area contributed by atoms with E-state index in [1.807, 2.05) is 10.9 Å². The van der Waals surface area contributed by atoms with Crippen LogP contribution in [0.1, 0.15) is 60.3 Å². The van der Waals surface area contributed by atoms with Crippen LogP contribution in [0.2, 0.25) is 5.02 Å². The van der Waals surface area contributed by atoms with E-state index in [1.165, 1.54) is 20.1 Å². The van der Waals surface area contributed by atoms with Crippen molar-refractivity contribution in [3.05, 3.63) is 69.8 Å². The Kier molecular flexibility index (Phi) is 6.98. The van der Waals surface area contributed by atoms with Gasteiger partial charge in [0.15, 0.2) is 11.6 Å². The van der Waals surface area contributed by atoms with Crippen LogP contribution in [-0.4, -0.2) is 51.9 Å². The number of primary amides is 1. The molecule has 0 bridgehead atoms. The maximum atomic E-state index is 16.6. The minimum Gasteiger partial charge on any atom is -0.494 e.